The normalized spacial score (nSPS) is 15.0. The zero-order valence-electron chi connectivity index (χ0n) is 18.8. The molecule has 176 valence electrons. The highest BCUT2D eigenvalue weighted by Gasteiger charge is 2.38. The summed E-state index contributed by atoms with van der Waals surface area (Å²) in [5, 5.41) is 14.2. The number of amides is 2. The summed E-state index contributed by atoms with van der Waals surface area (Å²) in [6.45, 7) is 2.62. The highest BCUT2D eigenvalue weighted by Crippen LogP contribution is 2.34. The molecule has 2 aromatic rings. The summed E-state index contributed by atoms with van der Waals surface area (Å²) in [7, 11) is 0. The fraction of sp³-hybridized carbons (Fsp3) is 0.440. The largest absolute Gasteiger partial charge is 0.354 e. The maximum Gasteiger partial charge on any atom is 0.269 e. The molecule has 2 amide bonds. The third-order valence-corrected chi connectivity index (χ3v) is 7.08. The predicted molar refractivity (Wildman–Crippen MR) is 137 cm³/mol. The molecular formula is C25H30IN3O4. The number of unbranched alkanes of at least 4 members (excludes halogenated alkanes) is 1. The van der Waals surface area contributed by atoms with Crippen LogP contribution in [0.4, 0.5) is 11.4 Å². The summed E-state index contributed by atoms with van der Waals surface area (Å²) in [5.41, 5.74) is 0.951. The van der Waals surface area contributed by atoms with Crippen molar-refractivity contribution in [2.45, 2.75) is 57.9 Å². The molecule has 0 spiro atoms. The van der Waals surface area contributed by atoms with Gasteiger partial charge in [0.15, 0.2) is 0 Å². The van der Waals surface area contributed by atoms with E-state index in [0.717, 1.165) is 48.5 Å². The van der Waals surface area contributed by atoms with Gasteiger partial charge in [0, 0.05) is 27.9 Å². The molecule has 1 aliphatic rings. The minimum absolute atomic E-state index is 0.0286. The topological polar surface area (TPSA) is 92.6 Å². The molecule has 0 bridgehead atoms. The first-order valence-corrected chi connectivity index (χ1v) is 12.6. The Morgan fingerprint density at radius 3 is 2.39 bits per heavy atom. The lowest BCUT2D eigenvalue weighted by molar-refractivity contribution is -0.384. The van der Waals surface area contributed by atoms with Crippen molar-refractivity contribution in [3.8, 4) is 0 Å². The van der Waals surface area contributed by atoms with Crippen LogP contribution in [0.2, 0.25) is 0 Å². The van der Waals surface area contributed by atoms with Crippen molar-refractivity contribution in [1.29, 1.82) is 0 Å². The summed E-state index contributed by atoms with van der Waals surface area (Å²) in [6.07, 6.45) is 6.74. The van der Waals surface area contributed by atoms with Crippen molar-refractivity contribution >= 4 is 45.8 Å². The van der Waals surface area contributed by atoms with Crippen LogP contribution in [-0.4, -0.2) is 29.3 Å². The van der Waals surface area contributed by atoms with Gasteiger partial charge in [0.1, 0.15) is 6.04 Å². The smallest absolute Gasteiger partial charge is 0.269 e. The number of nitrogens with one attached hydrogen (secondary N) is 1. The number of nitro groups is 1. The Labute approximate surface area is 208 Å². The van der Waals surface area contributed by atoms with Gasteiger partial charge in [-0.15, -0.1) is 0 Å². The van der Waals surface area contributed by atoms with E-state index in [-0.39, 0.29) is 23.4 Å². The summed E-state index contributed by atoms with van der Waals surface area (Å²) >= 11 is 2.13. The average molecular weight is 563 g/mol. The van der Waals surface area contributed by atoms with Gasteiger partial charge in [-0.25, -0.2) is 0 Å². The number of anilines is 1. The number of hydrogen-bond donors (Lipinski definition) is 1. The van der Waals surface area contributed by atoms with E-state index in [4.69, 9.17) is 0 Å². The Morgan fingerprint density at radius 1 is 1.12 bits per heavy atom. The fourth-order valence-electron chi connectivity index (χ4n) is 4.39. The second-order valence-corrected chi connectivity index (χ2v) is 9.58. The third-order valence-electron chi connectivity index (χ3n) is 6.13. The molecule has 1 N–H and O–H groups in total. The van der Waals surface area contributed by atoms with Crippen molar-refractivity contribution in [2.24, 2.45) is 5.92 Å². The Balaban J connectivity index is 2.07. The number of carbonyl (C=O) groups is 2. The summed E-state index contributed by atoms with van der Waals surface area (Å²) in [5.74, 6) is -0.399. The maximum atomic E-state index is 13.9. The van der Waals surface area contributed by atoms with Crippen LogP contribution in [0.5, 0.6) is 0 Å². The van der Waals surface area contributed by atoms with Crippen molar-refractivity contribution < 1.29 is 14.5 Å². The molecule has 8 heteroatoms. The Bertz CT molecular complexity index is 974. The zero-order chi connectivity index (χ0) is 23.8. The number of nitrogens with zero attached hydrogens (tertiary/aromatic N) is 2. The Morgan fingerprint density at radius 2 is 1.79 bits per heavy atom. The van der Waals surface area contributed by atoms with Crippen molar-refractivity contribution in [2.75, 3.05) is 11.4 Å². The molecule has 7 nitrogen and oxygen atoms in total. The first-order valence-electron chi connectivity index (χ1n) is 11.5. The van der Waals surface area contributed by atoms with E-state index < -0.39 is 11.0 Å². The Kier molecular flexibility index (Phi) is 9.22. The van der Waals surface area contributed by atoms with Crippen LogP contribution < -0.4 is 10.2 Å². The maximum absolute atomic E-state index is 13.9. The van der Waals surface area contributed by atoms with Crippen LogP contribution >= 0.6 is 22.6 Å². The number of halogens is 1. The minimum atomic E-state index is -0.674. The van der Waals surface area contributed by atoms with Gasteiger partial charge in [-0.2, -0.15) is 0 Å². The van der Waals surface area contributed by atoms with Gasteiger partial charge in [0.05, 0.1) is 10.5 Å². The molecule has 3 rings (SSSR count). The van der Waals surface area contributed by atoms with E-state index in [9.17, 15) is 19.7 Å². The first-order chi connectivity index (χ1) is 15.9. The van der Waals surface area contributed by atoms with E-state index in [1.165, 1.54) is 12.1 Å². The van der Waals surface area contributed by atoms with E-state index in [2.05, 4.69) is 34.8 Å². The molecule has 1 fully saturated rings. The number of rotatable bonds is 9. The predicted octanol–water partition coefficient (Wildman–Crippen LogP) is 5.71. The number of nitro benzene ring substituents is 1. The van der Waals surface area contributed by atoms with Gasteiger partial charge in [0.25, 0.3) is 11.6 Å². The summed E-state index contributed by atoms with van der Waals surface area (Å²) in [6, 6.07) is 12.5. The van der Waals surface area contributed by atoms with E-state index in [0.29, 0.717) is 17.8 Å². The zero-order valence-corrected chi connectivity index (χ0v) is 21.0. The SMILES string of the molecule is CCCCNC(=O)C(C1CCCCC1)N(C(=O)c1ccccc1I)c1ccc([N+](=O)[O-])cc1. The molecule has 1 saturated carbocycles. The van der Waals surface area contributed by atoms with Crippen LogP contribution in [-0.2, 0) is 4.79 Å². The number of carbonyl (C=O) groups excluding carboxylic acids is 2. The molecule has 1 atom stereocenters. The number of benzene rings is 2. The van der Waals surface area contributed by atoms with E-state index in [1.54, 1.807) is 29.2 Å². The lowest BCUT2D eigenvalue weighted by Crippen LogP contribution is -2.54. The second-order valence-electron chi connectivity index (χ2n) is 8.42. The molecule has 2 aromatic carbocycles. The lowest BCUT2D eigenvalue weighted by atomic mass is 9.82. The van der Waals surface area contributed by atoms with Gasteiger partial charge in [0.2, 0.25) is 5.91 Å². The second kappa shape index (κ2) is 12.1. The van der Waals surface area contributed by atoms with Crippen LogP contribution in [0, 0.1) is 19.6 Å². The summed E-state index contributed by atoms with van der Waals surface area (Å²) in [4.78, 5) is 39.7. The van der Waals surface area contributed by atoms with Crippen molar-refractivity contribution in [3.63, 3.8) is 0 Å². The highest BCUT2D eigenvalue weighted by atomic mass is 127. The fourth-order valence-corrected chi connectivity index (χ4v) is 5.01. The van der Waals surface area contributed by atoms with Gasteiger partial charge < -0.3 is 5.32 Å². The molecule has 0 aromatic heterocycles. The Hall–Kier alpha value is -2.49. The van der Waals surface area contributed by atoms with Gasteiger partial charge >= 0.3 is 0 Å². The molecule has 1 unspecified atom stereocenters. The van der Waals surface area contributed by atoms with Crippen molar-refractivity contribution in [1.82, 2.24) is 5.32 Å². The van der Waals surface area contributed by atoms with Gasteiger partial charge in [-0.05, 0) is 72.0 Å². The molecule has 0 radical (unpaired) electrons. The quantitative estimate of drug-likeness (QED) is 0.183. The van der Waals surface area contributed by atoms with E-state index >= 15 is 0 Å². The third kappa shape index (κ3) is 6.31. The van der Waals surface area contributed by atoms with Gasteiger partial charge in [-0.3, -0.25) is 24.6 Å². The average Bonchev–Trinajstić information content (AvgIpc) is 2.83. The first kappa shape index (κ1) is 25.1. The van der Waals surface area contributed by atoms with Crippen LogP contribution in [0.1, 0.15) is 62.2 Å². The standard InChI is InChI=1S/C25H30IN3O4/c1-2-3-17-27-24(30)23(18-9-5-4-6-10-18)28(19-13-15-20(16-14-19)29(32)33)25(31)21-11-7-8-12-22(21)26/h7-8,11-16,18,23H,2-6,9-10,17H2,1H3,(H,27,30). The molecule has 0 heterocycles. The van der Waals surface area contributed by atoms with Crippen molar-refractivity contribution in [3.05, 3.63) is 67.8 Å². The molecule has 1 aliphatic carbocycles. The summed E-state index contributed by atoms with van der Waals surface area (Å²) < 4.78 is 0.792. The number of hydrogen-bond acceptors (Lipinski definition) is 4. The van der Waals surface area contributed by atoms with Crippen LogP contribution in [0.15, 0.2) is 48.5 Å². The molecule has 0 aliphatic heterocycles. The lowest BCUT2D eigenvalue weighted by Gasteiger charge is -2.38. The minimum Gasteiger partial charge on any atom is -0.354 e. The van der Waals surface area contributed by atoms with E-state index in [1.807, 2.05) is 12.1 Å². The van der Waals surface area contributed by atoms with Crippen LogP contribution in [0.3, 0.4) is 0 Å². The van der Waals surface area contributed by atoms with Gasteiger partial charge in [-0.1, -0.05) is 44.7 Å². The van der Waals surface area contributed by atoms with Crippen LogP contribution in [0.25, 0.3) is 0 Å². The highest BCUT2D eigenvalue weighted by molar-refractivity contribution is 14.1. The molecule has 0 saturated heterocycles. The monoisotopic (exact) mass is 563 g/mol. The number of non-ortho nitro benzene ring substituents is 1. The molecular weight excluding hydrogens is 533 g/mol. The molecule has 33 heavy (non-hydrogen) atoms.